The molecule has 1 aliphatic heterocycles. The number of carbonyl (C=O) groups is 1. The number of nitrogens with one attached hydrogen (secondary N) is 1. The van der Waals surface area contributed by atoms with Crippen molar-refractivity contribution in [2.75, 3.05) is 51.9 Å². The zero-order valence-electron chi connectivity index (χ0n) is 17.5. The summed E-state index contributed by atoms with van der Waals surface area (Å²) >= 11 is 5.96. The standard InChI is InChI=1S/C23H23ClF2N2O4/c1-30-21-15-18(5-6-20(21)32-13-10-28-8-11-31-12-9-28)27-22(29)7-4-16-2-3-17(23(25)26)14-19(16)24/h2-3,5-6,14-15,23H,8-13H2,1H3,(H,27,29). The van der Waals surface area contributed by atoms with Crippen molar-refractivity contribution in [3.05, 3.63) is 52.5 Å². The topological polar surface area (TPSA) is 60.0 Å². The van der Waals surface area contributed by atoms with Gasteiger partial charge in [0.1, 0.15) is 6.61 Å². The maximum atomic E-state index is 12.7. The van der Waals surface area contributed by atoms with Gasteiger partial charge >= 0.3 is 5.91 Å². The summed E-state index contributed by atoms with van der Waals surface area (Å²) in [5, 5.41) is 2.70. The molecule has 32 heavy (non-hydrogen) atoms. The molecule has 170 valence electrons. The van der Waals surface area contributed by atoms with Gasteiger partial charge in [-0.3, -0.25) is 9.69 Å². The maximum Gasteiger partial charge on any atom is 0.300 e. The van der Waals surface area contributed by atoms with Crippen molar-refractivity contribution < 1.29 is 27.8 Å². The Morgan fingerprint density at radius 1 is 1.22 bits per heavy atom. The first-order chi connectivity index (χ1) is 15.5. The van der Waals surface area contributed by atoms with Crippen LogP contribution in [0.3, 0.4) is 0 Å². The quantitative estimate of drug-likeness (QED) is 0.628. The number of amides is 1. The Balaban J connectivity index is 1.58. The van der Waals surface area contributed by atoms with Crippen LogP contribution in [0.15, 0.2) is 36.4 Å². The highest BCUT2D eigenvalue weighted by Gasteiger charge is 2.12. The zero-order valence-corrected chi connectivity index (χ0v) is 18.3. The molecule has 0 saturated carbocycles. The fourth-order valence-electron chi connectivity index (χ4n) is 3.03. The van der Waals surface area contributed by atoms with Crippen LogP contribution in [0, 0.1) is 11.8 Å². The Bertz CT molecular complexity index is 1000. The normalized spacial score (nSPS) is 13.9. The third-order valence-electron chi connectivity index (χ3n) is 4.75. The number of rotatable bonds is 7. The molecule has 0 unspecified atom stereocenters. The van der Waals surface area contributed by atoms with Crippen molar-refractivity contribution in [1.82, 2.24) is 4.90 Å². The van der Waals surface area contributed by atoms with Crippen molar-refractivity contribution in [2.45, 2.75) is 6.43 Å². The van der Waals surface area contributed by atoms with Crippen molar-refractivity contribution in [3.8, 4) is 23.3 Å². The van der Waals surface area contributed by atoms with E-state index in [1.165, 1.54) is 19.2 Å². The Hall–Kier alpha value is -2.86. The average Bonchev–Trinajstić information content (AvgIpc) is 2.79. The summed E-state index contributed by atoms with van der Waals surface area (Å²) in [4.78, 5) is 14.4. The first kappa shape index (κ1) is 23.8. The molecule has 0 spiro atoms. The van der Waals surface area contributed by atoms with Crippen LogP contribution in [0.2, 0.25) is 5.02 Å². The van der Waals surface area contributed by atoms with Gasteiger partial charge in [0.2, 0.25) is 0 Å². The number of hydrogen-bond donors (Lipinski definition) is 1. The van der Waals surface area contributed by atoms with E-state index in [2.05, 4.69) is 22.1 Å². The van der Waals surface area contributed by atoms with E-state index in [1.54, 1.807) is 18.2 Å². The summed E-state index contributed by atoms with van der Waals surface area (Å²) in [6.07, 6.45) is -2.63. The number of hydrogen-bond acceptors (Lipinski definition) is 5. The SMILES string of the molecule is COc1cc(NC(=O)C#Cc2ccc(C(F)F)cc2Cl)ccc1OCCN1CCOCC1. The Morgan fingerprint density at radius 3 is 2.69 bits per heavy atom. The van der Waals surface area contributed by atoms with E-state index in [0.717, 1.165) is 38.9 Å². The molecule has 2 aromatic carbocycles. The van der Waals surface area contributed by atoms with Gasteiger partial charge < -0.3 is 19.5 Å². The molecule has 0 aromatic heterocycles. The van der Waals surface area contributed by atoms with Crippen LogP contribution in [-0.2, 0) is 9.53 Å². The largest absolute Gasteiger partial charge is 0.493 e. The predicted octanol–water partition coefficient (Wildman–Crippen LogP) is 3.99. The minimum Gasteiger partial charge on any atom is -0.493 e. The van der Waals surface area contributed by atoms with Crippen LogP contribution in [0.1, 0.15) is 17.6 Å². The van der Waals surface area contributed by atoms with Crippen molar-refractivity contribution >= 4 is 23.2 Å². The summed E-state index contributed by atoms with van der Waals surface area (Å²) in [6, 6.07) is 8.74. The molecule has 1 N–H and O–H groups in total. The molecule has 1 aliphatic rings. The number of ether oxygens (including phenoxy) is 3. The summed E-state index contributed by atoms with van der Waals surface area (Å²) in [6.45, 7) is 4.50. The molecule has 0 bridgehead atoms. The smallest absolute Gasteiger partial charge is 0.300 e. The third kappa shape index (κ3) is 6.82. The molecule has 0 radical (unpaired) electrons. The minimum atomic E-state index is -2.63. The van der Waals surface area contributed by atoms with Gasteiger partial charge in [-0.15, -0.1) is 0 Å². The summed E-state index contributed by atoms with van der Waals surface area (Å²) < 4.78 is 41.9. The molecule has 1 saturated heterocycles. The first-order valence-corrected chi connectivity index (χ1v) is 10.4. The molecule has 9 heteroatoms. The average molecular weight is 465 g/mol. The Kier molecular flexibility index (Phi) is 8.68. The summed E-state index contributed by atoms with van der Waals surface area (Å²) in [7, 11) is 1.51. The van der Waals surface area contributed by atoms with Crippen LogP contribution in [-0.4, -0.2) is 57.4 Å². The van der Waals surface area contributed by atoms with E-state index in [9.17, 15) is 13.6 Å². The number of methoxy groups -OCH3 is 1. The second-order valence-electron chi connectivity index (χ2n) is 6.91. The molecule has 1 amide bonds. The molecular formula is C23H23ClF2N2O4. The number of alkyl halides is 2. The van der Waals surface area contributed by atoms with Gasteiger partial charge in [-0.25, -0.2) is 8.78 Å². The number of nitrogens with zero attached hydrogens (tertiary/aromatic N) is 1. The van der Waals surface area contributed by atoms with Gasteiger partial charge in [-0.2, -0.15) is 0 Å². The Morgan fingerprint density at radius 2 is 2.00 bits per heavy atom. The number of halogens is 3. The van der Waals surface area contributed by atoms with Gasteiger partial charge in [0.05, 0.1) is 25.3 Å². The second-order valence-corrected chi connectivity index (χ2v) is 7.32. The van der Waals surface area contributed by atoms with Crippen LogP contribution in [0.5, 0.6) is 11.5 Å². The van der Waals surface area contributed by atoms with Crippen LogP contribution < -0.4 is 14.8 Å². The maximum absolute atomic E-state index is 12.7. The molecule has 2 aromatic rings. The lowest BCUT2D eigenvalue weighted by Gasteiger charge is -2.26. The van der Waals surface area contributed by atoms with Crippen molar-refractivity contribution in [2.24, 2.45) is 0 Å². The van der Waals surface area contributed by atoms with Crippen molar-refractivity contribution in [3.63, 3.8) is 0 Å². The monoisotopic (exact) mass is 464 g/mol. The fraction of sp³-hybridized carbons (Fsp3) is 0.348. The molecule has 6 nitrogen and oxygen atoms in total. The van der Waals surface area contributed by atoms with E-state index in [0.29, 0.717) is 23.8 Å². The van der Waals surface area contributed by atoms with Gasteiger partial charge in [0, 0.05) is 48.4 Å². The van der Waals surface area contributed by atoms with Gasteiger partial charge in [-0.05, 0) is 24.3 Å². The highest BCUT2D eigenvalue weighted by Crippen LogP contribution is 2.30. The van der Waals surface area contributed by atoms with Gasteiger partial charge in [0.15, 0.2) is 11.5 Å². The molecule has 0 aliphatic carbocycles. The van der Waals surface area contributed by atoms with E-state index in [1.807, 2.05) is 0 Å². The summed E-state index contributed by atoms with van der Waals surface area (Å²) in [5.41, 5.74) is 0.554. The van der Waals surface area contributed by atoms with Crippen LogP contribution in [0.4, 0.5) is 14.5 Å². The zero-order chi connectivity index (χ0) is 22.9. The van der Waals surface area contributed by atoms with E-state index < -0.39 is 12.3 Å². The highest BCUT2D eigenvalue weighted by atomic mass is 35.5. The number of benzene rings is 2. The molecule has 1 heterocycles. The second kappa shape index (κ2) is 11.7. The van der Waals surface area contributed by atoms with Gasteiger partial charge in [0.25, 0.3) is 6.43 Å². The van der Waals surface area contributed by atoms with Gasteiger partial charge in [-0.1, -0.05) is 23.6 Å². The third-order valence-corrected chi connectivity index (χ3v) is 5.06. The highest BCUT2D eigenvalue weighted by molar-refractivity contribution is 6.31. The number of anilines is 1. The number of carbonyl (C=O) groups excluding carboxylic acids is 1. The van der Waals surface area contributed by atoms with Crippen LogP contribution in [0.25, 0.3) is 0 Å². The molecule has 3 rings (SSSR count). The molecule has 1 fully saturated rings. The first-order valence-electron chi connectivity index (χ1n) is 9.98. The van der Waals surface area contributed by atoms with Crippen LogP contribution >= 0.6 is 11.6 Å². The lowest BCUT2D eigenvalue weighted by Crippen LogP contribution is -2.38. The lowest BCUT2D eigenvalue weighted by molar-refractivity contribution is -0.111. The number of morpholine rings is 1. The lowest BCUT2D eigenvalue weighted by atomic mass is 10.1. The van der Waals surface area contributed by atoms with E-state index >= 15 is 0 Å². The molecule has 0 atom stereocenters. The molecular weight excluding hydrogens is 442 g/mol. The predicted molar refractivity (Wildman–Crippen MR) is 118 cm³/mol. The summed E-state index contributed by atoms with van der Waals surface area (Å²) in [5.74, 6) is 5.45. The van der Waals surface area contributed by atoms with E-state index in [4.69, 9.17) is 25.8 Å². The fourth-order valence-corrected chi connectivity index (χ4v) is 3.27. The van der Waals surface area contributed by atoms with Crippen molar-refractivity contribution in [1.29, 1.82) is 0 Å². The van der Waals surface area contributed by atoms with E-state index in [-0.39, 0.29) is 16.1 Å². The Labute approximate surface area is 190 Å². The minimum absolute atomic E-state index is 0.0587.